The van der Waals surface area contributed by atoms with E-state index >= 15 is 0 Å². The normalized spacial score (nSPS) is 21.4. The molecule has 8 heteroatoms. The van der Waals surface area contributed by atoms with Gasteiger partial charge in [-0.2, -0.15) is 0 Å². The van der Waals surface area contributed by atoms with Crippen molar-refractivity contribution in [3.8, 4) is 0 Å². The molecule has 1 heterocycles. The smallest absolute Gasteiger partial charge is 0.405 e. The Morgan fingerprint density at radius 2 is 2.12 bits per heavy atom. The average Bonchev–Trinajstić information content (AvgIpc) is 2.57. The van der Waals surface area contributed by atoms with Gasteiger partial charge in [0.05, 0.1) is 12.1 Å². The van der Waals surface area contributed by atoms with Gasteiger partial charge in [-0.15, -0.1) is 0 Å². The number of nitrogens with two attached hydrogens (primary N) is 1. The van der Waals surface area contributed by atoms with Crippen LogP contribution in [0.1, 0.15) is 18.4 Å². The van der Waals surface area contributed by atoms with Gasteiger partial charge in [0.25, 0.3) is 5.91 Å². The molecule has 4 N–H and O–H groups in total. The minimum Gasteiger partial charge on any atom is -0.434 e. The molecule has 2 rings (SSSR count). The molecule has 1 aromatic carbocycles. The van der Waals surface area contributed by atoms with E-state index in [0.717, 1.165) is 24.9 Å². The Morgan fingerprint density at radius 1 is 1.40 bits per heavy atom. The van der Waals surface area contributed by atoms with Gasteiger partial charge in [0.2, 0.25) is 6.10 Å². The number of rotatable bonds is 7. The van der Waals surface area contributed by atoms with Crippen LogP contribution in [0.15, 0.2) is 24.3 Å². The maximum Gasteiger partial charge on any atom is 0.405 e. The van der Waals surface area contributed by atoms with Crippen LogP contribution in [0.5, 0.6) is 0 Å². The van der Waals surface area contributed by atoms with Crippen LogP contribution in [0.2, 0.25) is 5.02 Å². The minimum atomic E-state index is -1.08. The summed E-state index contributed by atoms with van der Waals surface area (Å²) >= 11 is 5.94. The van der Waals surface area contributed by atoms with E-state index in [4.69, 9.17) is 26.8 Å². The zero-order chi connectivity index (χ0) is 18.3. The summed E-state index contributed by atoms with van der Waals surface area (Å²) in [6.07, 6.45) is 0.292. The molecule has 0 saturated carbocycles. The first-order chi connectivity index (χ1) is 11.9. The molecule has 1 aliphatic rings. The van der Waals surface area contributed by atoms with Gasteiger partial charge in [0, 0.05) is 18.7 Å². The Morgan fingerprint density at radius 3 is 2.68 bits per heavy atom. The van der Waals surface area contributed by atoms with E-state index in [-0.39, 0.29) is 6.61 Å². The molecule has 1 saturated heterocycles. The highest BCUT2D eigenvalue weighted by Gasteiger charge is 2.36. The van der Waals surface area contributed by atoms with E-state index < -0.39 is 23.6 Å². The number of nitrogens with one attached hydrogen (secondary N) is 2. The van der Waals surface area contributed by atoms with Crippen LogP contribution in [0.3, 0.4) is 0 Å². The van der Waals surface area contributed by atoms with Crippen LogP contribution < -0.4 is 16.4 Å². The van der Waals surface area contributed by atoms with Gasteiger partial charge in [-0.1, -0.05) is 23.7 Å². The lowest BCUT2D eigenvalue weighted by Gasteiger charge is -2.39. The van der Waals surface area contributed by atoms with Gasteiger partial charge >= 0.3 is 6.09 Å². The van der Waals surface area contributed by atoms with Crippen LogP contribution in [0.4, 0.5) is 4.79 Å². The second-order valence-corrected chi connectivity index (χ2v) is 6.67. The number of carbonyl (C=O) groups excluding carboxylic acids is 2. The number of hydrogen-bond acceptors (Lipinski definition) is 5. The number of benzene rings is 1. The van der Waals surface area contributed by atoms with Crippen molar-refractivity contribution in [2.24, 2.45) is 5.73 Å². The van der Waals surface area contributed by atoms with E-state index in [2.05, 4.69) is 10.6 Å². The molecule has 1 aliphatic heterocycles. The number of carbonyl (C=O) groups is 2. The van der Waals surface area contributed by atoms with Crippen molar-refractivity contribution in [1.29, 1.82) is 0 Å². The lowest BCUT2D eigenvalue weighted by Crippen LogP contribution is -2.61. The van der Waals surface area contributed by atoms with Crippen LogP contribution in [0.25, 0.3) is 0 Å². The van der Waals surface area contributed by atoms with Crippen LogP contribution in [-0.4, -0.2) is 50.4 Å². The first-order valence-corrected chi connectivity index (χ1v) is 8.54. The lowest BCUT2D eigenvalue weighted by molar-refractivity contribution is -0.134. The average molecular weight is 370 g/mol. The second kappa shape index (κ2) is 9.03. The number of piperidine rings is 1. The van der Waals surface area contributed by atoms with Crippen molar-refractivity contribution < 1.29 is 19.1 Å². The van der Waals surface area contributed by atoms with Gasteiger partial charge < -0.3 is 25.8 Å². The molecule has 0 aliphatic carbocycles. The van der Waals surface area contributed by atoms with Gasteiger partial charge in [-0.25, -0.2) is 4.79 Å². The Labute approximate surface area is 152 Å². The fourth-order valence-corrected chi connectivity index (χ4v) is 3.19. The third-order valence-electron chi connectivity index (χ3n) is 4.19. The highest BCUT2D eigenvalue weighted by molar-refractivity contribution is 6.30. The third-order valence-corrected chi connectivity index (χ3v) is 4.44. The molecule has 0 aromatic heterocycles. The minimum absolute atomic E-state index is 0.0563. The Kier molecular flexibility index (Phi) is 7.04. The van der Waals surface area contributed by atoms with Gasteiger partial charge in [0.15, 0.2) is 0 Å². The predicted octanol–water partition coefficient (Wildman–Crippen LogP) is 1.23. The van der Waals surface area contributed by atoms with E-state index in [1.54, 1.807) is 0 Å². The number of ether oxygens (including phenoxy) is 2. The fourth-order valence-electron chi connectivity index (χ4n) is 3.06. The number of amides is 2. The lowest BCUT2D eigenvalue weighted by atomic mass is 9.83. The third kappa shape index (κ3) is 5.88. The number of methoxy groups -OCH3 is 1. The SMILES string of the molecule is COC[C@H](OC(N)=O)C(=O)N[C@@]1(Cc2ccc(Cl)cc2)CCCNC1. The second-order valence-electron chi connectivity index (χ2n) is 6.23. The summed E-state index contributed by atoms with van der Waals surface area (Å²) in [4.78, 5) is 23.6. The van der Waals surface area contributed by atoms with Crippen LogP contribution in [0, 0.1) is 0 Å². The van der Waals surface area contributed by atoms with Crippen molar-refractivity contribution in [3.63, 3.8) is 0 Å². The van der Waals surface area contributed by atoms with Crippen molar-refractivity contribution in [1.82, 2.24) is 10.6 Å². The van der Waals surface area contributed by atoms with Gasteiger partial charge in [0.1, 0.15) is 0 Å². The summed E-state index contributed by atoms with van der Waals surface area (Å²) in [5.74, 6) is -0.418. The fraction of sp³-hybridized carbons (Fsp3) is 0.529. The summed E-state index contributed by atoms with van der Waals surface area (Å²) in [6, 6.07) is 7.54. The number of halogens is 1. The summed E-state index contributed by atoms with van der Waals surface area (Å²) in [7, 11) is 1.43. The number of hydrogen-bond donors (Lipinski definition) is 3. The summed E-state index contributed by atoms with van der Waals surface area (Å²) < 4.78 is 9.82. The topological polar surface area (TPSA) is 103 Å². The molecule has 0 radical (unpaired) electrons. The number of primary amides is 1. The monoisotopic (exact) mass is 369 g/mol. The van der Waals surface area contributed by atoms with Gasteiger partial charge in [-0.05, 0) is 43.5 Å². The van der Waals surface area contributed by atoms with Crippen molar-refractivity contribution in [2.75, 3.05) is 26.8 Å². The largest absolute Gasteiger partial charge is 0.434 e. The molecular weight excluding hydrogens is 346 g/mol. The molecule has 2 amide bonds. The molecule has 2 atom stereocenters. The van der Waals surface area contributed by atoms with Crippen molar-refractivity contribution in [3.05, 3.63) is 34.9 Å². The Hall–Kier alpha value is -1.83. The maximum atomic E-state index is 12.6. The zero-order valence-corrected chi connectivity index (χ0v) is 15.0. The van der Waals surface area contributed by atoms with Crippen LogP contribution in [-0.2, 0) is 20.7 Å². The first-order valence-electron chi connectivity index (χ1n) is 8.16. The predicted molar refractivity (Wildman–Crippen MR) is 94.5 cm³/mol. The molecule has 1 fully saturated rings. The van der Waals surface area contributed by atoms with E-state index in [0.29, 0.717) is 18.0 Å². The quantitative estimate of drug-likeness (QED) is 0.670. The van der Waals surface area contributed by atoms with Crippen molar-refractivity contribution >= 4 is 23.6 Å². The zero-order valence-electron chi connectivity index (χ0n) is 14.2. The molecule has 0 unspecified atom stereocenters. The van der Waals surface area contributed by atoms with Gasteiger partial charge in [-0.3, -0.25) is 4.79 Å². The summed E-state index contributed by atoms with van der Waals surface area (Å²) in [6.45, 7) is 1.47. The molecule has 138 valence electrons. The Bertz CT molecular complexity index is 588. The molecule has 1 aromatic rings. The van der Waals surface area contributed by atoms with E-state index in [9.17, 15) is 9.59 Å². The maximum absolute atomic E-state index is 12.6. The highest BCUT2D eigenvalue weighted by atomic mass is 35.5. The first kappa shape index (κ1) is 19.5. The highest BCUT2D eigenvalue weighted by Crippen LogP contribution is 2.23. The summed E-state index contributed by atoms with van der Waals surface area (Å²) in [5.41, 5.74) is 5.63. The molecule has 25 heavy (non-hydrogen) atoms. The molecular formula is C17H24ClN3O4. The van der Waals surface area contributed by atoms with E-state index in [1.807, 2.05) is 24.3 Å². The molecule has 7 nitrogen and oxygen atoms in total. The van der Waals surface area contributed by atoms with Crippen molar-refractivity contribution in [2.45, 2.75) is 30.9 Å². The molecule has 0 bridgehead atoms. The standard InChI is InChI=1S/C17H24ClN3O4/c1-24-10-14(25-16(19)23)15(22)21-17(7-2-8-20-11-17)9-12-3-5-13(18)6-4-12/h3-6,14,20H,2,7-11H2,1H3,(H2,19,23)(H,21,22)/t14-,17+/m0/s1. The Balaban J connectivity index is 2.13. The van der Waals surface area contributed by atoms with Crippen LogP contribution >= 0.6 is 11.6 Å². The summed E-state index contributed by atoms with van der Waals surface area (Å²) in [5, 5.41) is 7.02. The van der Waals surface area contributed by atoms with E-state index in [1.165, 1.54) is 7.11 Å². The molecule has 0 spiro atoms.